The maximum atomic E-state index is 11.5. The number of esters is 1. The van der Waals surface area contributed by atoms with Gasteiger partial charge in [-0.25, -0.2) is 4.79 Å². The molecule has 0 atom stereocenters. The van der Waals surface area contributed by atoms with Gasteiger partial charge in [0, 0.05) is 6.08 Å². The molecule has 0 radical (unpaired) electrons. The topological polar surface area (TPSA) is 44.8 Å². The summed E-state index contributed by atoms with van der Waals surface area (Å²) in [5, 5.41) is 0. The zero-order valence-corrected chi connectivity index (χ0v) is 13.9. The van der Waals surface area contributed by atoms with Gasteiger partial charge in [-0.3, -0.25) is 0 Å². The van der Waals surface area contributed by atoms with Gasteiger partial charge in [-0.1, -0.05) is 25.8 Å². The summed E-state index contributed by atoms with van der Waals surface area (Å²) >= 11 is 0. The van der Waals surface area contributed by atoms with Crippen LogP contribution < -0.4 is 9.47 Å². The summed E-state index contributed by atoms with van der Waals surface area (Å²) in [5.74, 6) is 1.03. The first-order valence-corrected chi connectivity index (χ1v) is 7.76. The minimum atomic E-state index is -0.353. The van der Waals surface area contributed by atoms with E-state index in [4.69, 9.17) is 14.2 Å². The fourth-order valence-electron chi connectivity index (χ4n) is 1.88. The summed E-state index contributed by atoms with van der Waals surface area (Å²) in [7, 11) is 1.61. The van der Waals surface area contributed by atoms with Crippen LogP contribution in [0, 0.1) is 0 Å². The van der Waals surface area contributed by atoms with Gasteiger partial charge in [-0.2, -0.15) is 0 Å². The van der Waals surface area contributed by atoms with Gasteiger partial charge >= 0.3 is 5.97 Å². The predicted octanol–water partition coefficient (Wildman–Crippen LogP) is 4.23. The van der Waals surface area contributed by atoms with Crippen LogP contribution in [0.5, 0.6) is 11.5 Å². The van der Waals surface area contributed by atoms with Crippen molar-refractivity contribution in [1.82, 2.24) is 0 Å². The molecular formula is C18H26O4. The molecule has 0 aliphatic carbocycles. The van der Waals surface area contributed by atoms with Crippen LogP contribution in [0.4, 0.5) is 0 Å². The number of unbranched alkanes of at least 4 members (excludes halogenated alkanes) is 2. The van der Waals surface area contributed by atoms with Crippen molar-refractivity contribution in [2.24, 2.45) is 0 Å². The van der Waals surface area contributed by atoms with Gasteiger partial charge in [0.1, 0.15) is 0 Å². The maximum Gasteiger partial charge on any atom is 0.331 e. The van der Waals surface area contributed by atoms with Crippen LogP contribution in [0.3, 0.4) is 0 Å². The Labute approximate surface area is 133 Å². The van der Waals surface area contributed by atoms with E-state index in [-0.39, 0.29) is 12.1 Å². The molecule has 0 bridgehead atoms. The molecule has 0 N–H and O–H groups in total. The Balaban J connectivity index is 2.67. The van der Waals surface area contributed by atoms with E-state index in [1.54, 1.807) is 13.2 Å². The van der Waals surface area contributed by atoms with E-state index in [1.807, 2.05) is 32.0 Å². The van der Waals surface area contributed by atoms with Crippen LogP contribution in [0.25, 0.3) is 6.08 Å². The Morgan fingerprint density at radius 3 is 2.64 bits per heavy atom. The van der Waals surface area contributed by atoms with Gasteiger partial charge in [0.2, 0.25) is 0 Å². The summed E-state index contributed by atoms with van der Waals surface area (Å²) in [4.78, 5) is 11.5. The SMILES string of the molecule is CCCCCOc1ccc(C=CC(=O)OC(C)C)cc1OC. The van der Waals surface area contributed by atoms with Crippen molar-refractivity contribution >= 4 is 12.0 Å². The molecule has 0 saturated carbocycles. The molecule has 4 heteroatoms. The molecule has 0 aliphatic rings. The molecule has 0 saturated heterocycles. The summed E-state index contributed by atoms with van der Waals surface area (Å²) in [6.45, 7) is 6.48. The van der Waals surface area contributed by atoms with E-state index in [1.165, 1.54) is 6.08 Å². The Bertz CT molecular complexity index is 492. The molecule has 0 amide bonds. The quantitative estimate of drug-likeness (QED) is 0.389. The molecule has 0 aliphatic heterocycles. The third-order valence-electron chi connectivity index (χ3n) is 2.96. The van der Waals surface area contributed by atoms with Crippen molar-refractivity contribution < 1.29 is 19.0 Å². The molecule has 0 fully saturated rings. The summed E-state index contributed by atoms with van der Waals surface area (Å²) in [6.07, 6.45) is 6.34. The van der Waals surface area contributed by atoms with E-state index in [2.05, 4.69) is 6.92 Å². The second-order valence-corrected chi connectivity index (χ2v) is 5.28. The molecule has 0 heterocycles. The van der Waals surface area contributed by atoms with Crippen LogP contribution >= 0.6 is 0 Å². The first-order chi connectivity index (χ1) is 10.6. The summed E-state index contributed by atoms with van der Waals surface area (Å²) < 4.78 is 16.1. The minimum Gasteiger partial charge on any atom is -0.493 e. The van der Waals surface area contributed by atoms with Gasteiger partial charge in [0.15, 0.2) is 11.5 Å². The lowest BCUT2D eigenvalue weighted by atomic mass is 10.2. The molecule has 1 rings (SSSR count). The highest BCUT2D eigenvalue weighted by Crippen LogP contribution is 2.28. The summed E-state index contributed by atoms with van der Waals surface area (Å²) in [6, 6.07) is 5.59. The first-order valence-electron chi connectivity index (χ1n) is 7.76. The second kappa shape index (κ2) is 9.87. The molecule has 22 heavy (non-hydrogen) atoms. The standard InChI is InChI=1S/C18H26O4/c1-5-6-7-12-21-16-10-8-15(13-17(16)20-4)9-11-18(19)22-14(2)3/h8-11,13-14H,5-7,12H2,1-4H3. The van der Waals surface area contributed by atoms with Gasteiger partial charge in [-0.15, -0.1) is 0 Å². The lowest BCUT2D eigenvalue weighted by Gasteiger charge is -2.11. The average molecular weight is 306 g/mol. The number of benzene rings is 1. The monoisotopic (exact) mass is 306 g/mol. The molecule has 1 aromatic carbocycles. The Hall–Kier alpha value is -1.97. The van der Waals surface area contributed by atoms with Crippen molar-refractivity contribution in [2.45, 2.75) is 46.1 Å². The van der Waals surface area contributed by atoms with Gasteiger partial charge < -0.3 is 14.2 Å². The Morgan fingerprint density at radius 2 is 2.00 bits per heavy atom. The van der Waals surface area contributed by atoms with E-state index >= 15 is 0 Å². The third-order valence-corrected chi connectivity index (χ3v) is 2.96. The van der Waals surface area contributed by atoms with Crippen LogP contribution in [0.1, 0.15) is 45.6 Å². The van der Waals surface area contributed by atoms with Gasteiger partial charge in [0.05, 0.1) is 19.8 Å². The highest BCUT2D eigenvalue weighted by molar-refractivity contribution is 5.87. The van der Waals surface area contributed by atoms with E-state index in [0.717, 1.165) is 30.6 Å². The zero-order chi connectivity index (χ0) is 16.4. The van der Waals surface area contributed by atoms with Crippen LogP contribution in [-0.4, -0.2) is 25.8 Å². The van der Waals surface area contributed by atoms with E-state index in [0.29, 0.717) is 12.4 Å². The number of carbonyl (C=O) groups is 1. The molecule has 1 aromatic rings. The predicted molar refractivity (Wildman–Crippen MR) is 88.3 cm³/mol. The molecule has 0 aromatic heterocycles. The van der Waals surface area contributed by atoms with Crippen LogP contribution in [-0.2, 0) is 9.53 Å². The van der Waals surface area contributed by atoms with Crippen molar-refractivity contribution in [2.75, 3.05) is 13.7 Å². The molecule has 122 valence electrons. The van der Waals surface area contributed by atoms with E-state index < -0.39 is 0 Å². The average Bonchev–Trinajstić information content (AvgIpc) is 2.49. The highest BCUT2D eigenvalue weighted by Gasteiger charge is 2.05. The number of rotatable bonds is 9. The molecule has 0 unspecified atom stereocenters. The smallest absolute Gasteiger partial charge is 0.331 e. The largest absolute Gasteiger partial charge is 0.493 e. The maximum absolute atomic E-state index is 11.5. The first kappa shape index (κ1) is 18.1. The Kier molecular flexibility index (Phi) is 8.11. The van der Waals surface area contributed by atoms with Gasteiger partial charge in [-0.05, 0) is 44.0 Å². The van der Waals surface area contributed by atoms with Crippen molar-refractivity contribution in [1.29, 1.82) is 0 Å². The summed E-state index contributed by atoms with van der Waals surface area (Å²) in [5.41, 5.74) is 0.860. The highest BCUT2D eigenvalue weighted by atomic mass is 16.5. The minimum absolute atomic E-state index is 0.120. The van der Waals surface area contributed by atoms with Gasteiger partial charge in [0.25, 0.3) is 0 Å². The fraction of sp³-hybridized carbons (Fsp3) is 0.500. The van der Waals surface area contributed by atoms with Crippen LogP contribution in [0.2, 0.25) is 0 Å². The lowest BCUT2D eigenvalue weighted by Crippen LogP contribution is -2.08. The van der Waals surface area contributed by atoms with Crippen molar-refractivity contribution in [3.8, 4) is 11.5 Å². The molecule has 0 spiro atoms. The fourth-order valence-corrected chi connectivity index (χ4v) is 1.88. The number of methoxy groups -OCH3 is 1. The number of hydrogen-bond acceptors (Lipinski definition) is 4. The number of hydrogen-bond donors (Lipinski definition) is 0. The second-order valence-electron chi connectivity index (χ2n) is 5.28. The third kappa shape index (κ3) is 6.66. The number of carbonyl (C=O) groups excluding carboxylic acids is 1. The number of ether oxygens (including phenoxy) is 3. The van der Waals surface area contributed by atoms with Crippen LogP contribution in [0.15, 0.2) is 24.3 Å². The normalized spacial score (nSPS) is 11.0. The van der Waals surface area contributed by atoms with Crippen molar-refractivity contribution in [3.05, 3.63) is 29.8 Å². The Morgan fingerprint density at radius 1 is 1.23 bits per heavy atom. The zero-order valence-electron chi connectivity index (χ0n) is 13.9. The van der Waals surface area contributed by atoms with Crippen molar-refractivity contribution in [3.63, 3.8) is 0 Å². The molecule has 4 nitrogen and oxygen atoms in total. The van der Waals surface area contributed by atoms with E-state index in [9.17, 15) is 4.79 Å². The molecular weight excluding hydrogens is 280 g/mol. The lowest BCUT2D eigenvalue weighted by molar-refractivity contribution is -0.141.